The summed E-state index contributed by atoms with van der Waals surface area (Å²) in [4.78, 5) is 0. The van der Waals surface area contributed by atoms with E-state index in [1.54, 1.807) is 0 Å². The molecular weight excluding hydrogens is 202 g/mol. The van der Waals surface area contributed by atoms with E-state index in [1.165, 1.54) is 0 Å². The molecule has 2 heterocycles. The van der Waals surface area contributed by atoms with Crippen molar-refractivity contribution < 1.29 is 4.42 Å². The van der Waals surface area contributed by atoms with E-state index in [2.05, 4.69) is 23.4 Å². The highest BCUT2D eigenvalue weighted by Gasteiger charge is 2.05. The number of aryl methyl sites for hydroxylation is 2. The number of hydrogen-bond donors (Lipinski definition) is 1. The zero-order valence-corrected chi connectivity index (χ0v) is 9.95. The molecule has 0 amide bonds. The molecule has 0 saturated heterocycles. The van der Waals surface area contributed by atoms with Crippen LogP contribution in [0, 0.1) is 13.8 Å². The molecule has 0 unspecified atom stereocenters. The van der Waals surface area contributed by atoms with Crippen LogP contribution < -0.4 is 5.32 Å². The Morgan fingerprint density at radius 2 is 2.06 bits per heavy atom. The summed E-state index contributed by atoms with van der Waals surface area (Å²) in [5.41, 5.74) is 2.20. The number of nitrogens with zero attached hydrogens (tertiary/aromatic N) is 2. The lowest BCUT2D eigenvalue weighted by Crippen LogP contribution is -2.04. The molecule has 0 bridgehead atoms. The van der Waals surface area contributed by atoms with Gasteiger partial charge in [-0.3, -0.25) is 4.68 Å². The van der Waals surface area contributed by atoms with Crippen LogP contribution in [0.15, 0.2) is 22.6 Å². The average Bonchev–Trinajstić information content (AvgIpc) is 2.76. The van der Waals surface area contributed by atoms with Gasteiger partial charge in [-0.2, -0.15) is 5.10 Å². The summed E-state index contributed by atoms with van der Waals surface area (Å²) in [5, 5.41) is 7.46. The van der Waals surface area contributed by atoms with Gasteiger partial charge in [-0.15, -0.1) is 0 Å². The maximum Gasteiger partial charge on any atom is 0.125 e. The molecule has 2 aromatic heterocycles. The molecule has 0 atom stereocenters. The summed E-state index contributed by atoms with van der Waals surface area (Å²) in [6.07, 6.45) is 0. The van der Waals surface area contributed by atoms with Crippen molar-refractivity contribution in [1.82, 2.24) is 15.1 Å². The number of nitrogens with one attached hydrogen (secondary N) is 1. The summed E-state index contributed by atoms with van der Waals surface area (Å²) in [6, 6.07) is 6.07. The first-order chi connectivity index (χ1) is 7.69. The summed E-state index contributed by atoms with van der Waals surface area (Å²) < 4.78 is 7.62. The highest BCUT2D eigenvalue weighted by Crippen LogP contribution is 2.11. The van der Waals surface area contributed by atoms with Crippen LogP contribution in [0.1, 0.15) is 22.9 Å². The van der Waals surface area contributed by atoms with Gasteiger partial charge in [0.25, 0.3) is 0 Å². The van der Waals surface area contributed by atoms with E-state index < -0.39 is 0 Å². The lowest BCUT2D eigenvalue weighted by molar-refractivity contribution is 0.434. The van der Waals surface area contributed by atoms with Crippen molar-refractivity contribution in [2.45, 2.75) is 26.9 Å². The summed E-state index contributed by atoms with van der Waals surface area (Å²) >= 11 is 0. The van der Waals surface area contributed by atoms with Crippen LogP contribution in [0.5, 0.6) is 0 Å². The highest BCUT2D eigenvalue weighted by atomic mass is 16.3. The van der Waals surface area contributed by atoms with Crippen molar-refractivity contribution in [3.05, 3.63) is 41.1 Å². The molecule has 2 rings (SSSR count). The molecule has 2 aromatic rings. The van der Waals surface area contributed by atoms with Crippen molar-refractivity contribution in [3.63, 3.8) is 0 Å². The Hall–Kier alpha value is -1.55. The SMILES string of the molecule is CNCc1ccc(Cn2nc(C)cc2C)o1. The van der Waals surface area contributed by atoms with Crippen LogP contribution >= 0.6 is 0 Å². The monoisotopic (exact) mass is 219 g/mol. The standard InChI is InChI=1S/C12H17N3O/c1-9-6-10(2)15(14-9)8-12-5-4-11(16-12)7-13-3/h4-6,13H,7-8H2,1-3H3. The molecule has 0 aliphatic rings. The summed E-state index contributed by atoms with van der Waals surface area (Å²) in [6.45, 7) is 5.51. The maximum absolute atomic E-state index is 5.67. The third kappa shape index (κ3) is 2.33. The van der Waals surface area contributed by atoms with Crippen molar-refractivity contribution in [2.24, 2.45) is 0 Å². The lowest BCUT2D eigenvalue weighted by Gasteiger charge is -2.01. The van der Waals surface area contributed by atoms with E-state index in [4.69, 9.17) is 4.42 Å². The second-order valence-electron chi connectivity index (χ2n) is 3.98. The minimum Gasteiger partial charge on any atom is -0.463 e. The zero-order valence-electron chi connectivity index (χ0n) is 9.95. The Bertz CT molecular complexity index is 470. The molecule has 0 spiro atoms. The summed E-state index contributed by atoms with van der Waals surface area (Å²) in [7, 11) is 1.91. The number of furan rings is 1. The highest BCUT2D eigenvalue weighted by molar-refractivity contribution is 5.11. The molecule has 4 nitrogen and oxygen atoms in total. The fourth-order valence-corrected chi connectivity index (χ4v) is 1.76. The first-order valence-electron chi connectivity index (χ1n) is 5.42. The Balaban J connectivity index is 2.11. The van der Waals surface area contributed by atoms with Gasteiger partial charge in [-0.25, -0.2) is 0 Å². The quantitative estimate of drug-likeness (QED) is 0.853. The normalized spacial score (nSPS) is 10.9. The van der Waals surface area contributed by atoms with Gasteiger partial charge < -0.3 is 9.73 Å². The minimum absolute atomic E-state index is 0.698. The molecule has 0 aliphatic heterocycles. The van der Waals surface area contributed by atoms with Gasteiger partial charge in [0, 0.05) is 5.69 Å². The molecule has 0 saturated carbocycles. The predicted molar refractivity (Wildman–Crippen MR) is 62.3 cm³/mol. The first kappa shape index (κ1) is 11.0. The molecule has 0 radical (unpaired) electrons. The van der Waals surface area contributed by atoms with Crippen molar-refractivity contribution in [2.75, 3.05) is 7.05 Å². The molecule has 1 N–H and O–H groups in total. The number of hydrogen-bond acceptors (Lipinski definition) is 3. The zero-order chi connectivity index (χ0) is 11.5. The van der Waals surface area contributed by atoms with Crippen LogP contribution in [0.4, 0.5) is 0 Å². The topological polar surface area (TPSA) is 43.0 Å². The van der Waals surface area contributed by atoms with Gasteiger partial charge >= 0.3 is 0 Å². The van der Waals surface area contributed by atoms with Crippen LogP contribution in [0.3, 0.4) is 0 Å². The van der Waals surface area contributed by atoms with Gasteiger partial charge in [0.1, 0.15) is 11.5 Å². The largest absolute Gasteiger partial charge is 0.463 e. The van der Waals surface area contributed by atoms with Crippen molar-refractivity contribution >= 4 is 0 Å². The van der Waals surface area contributed by atoms with Gasteiger partial charge in [-0.1, -0.05) is 0 Å². The third-order valence-corrected chi connectivity index (χ3v) is 2.48. The van der Waals surface area contributed by atoms with Crippen LogP contribution in [-0.2, 0) is 13.1 Å². The fourth-order valence-electron chi connectivity index (χ4n) is 1.76. The average molecular weight is 219 g/mol. The molecule has 16 heavy (non-hydrogen) atoms. The van der Waals surface area contributed by atoms with Crippen LogP contribution in [0.2, 0.25) is 0 Å². The van der Waals surface area contributed by atoms with E-state index in [9.17, 15) is 0 Å². The van der Waals surface area contributed by atoms with Crippen molar-refractivity contribution in [1.29, 1.82) is 0 Å². The second kappa shape index (κ2) is 4.53. The Labute approximate surface area is 95.3 Å². The van der Waals surface area contributed by atoms with E-state index in [0.29, 0.717) is 6.54 Å². The molecular formula is C12H17N3O. The Morgan fingerprint density at radius 1 is 1.31 bits per heavy atom. The first-order valence-corrected chi connectivity index (χ1v) is 5.42. The number of rotatable bonds is 4. The van der Waals surface area contributed by atoms with Crippen LogP contribution in [0.25, 0.3) is 0 Å². The van der Waals surface area contributed by atoms with Gasteiger partial charge in [0.05, 0.1) is 18.8 Å². The minimum atomic E-state index is 0.698. The van der Waals surface area contributed by atoms with Gasteiger partial charge in [0.2, 0.25) is 0 Å². The lowest BCUT2D eigenvalue weighted by atomic mass is 10.4. The molecule has 0 fully saturated rings. The Kier molecular flexibility index (Phi) is 3.10. The van der Waals surface area contributed by atoms with Crippen molar-refractivity contribution in [3.8, 4) is 0 Å². The third-order valence-electron chi connectivity index (χ3n) is 2.48. The molecule has 0 aliphatic carbocycles. The van der Waals surface area contributed by atoms with Crippen LogP contribution in [-0.4, -0.2) is 16.8 Å². The molecule has 4 heteroatoms. The second-order valence-corrected chi connectivity index (χ2v) is 3.98. The van der Waals surface area contributed by atoms with Gasteiger partial charge in [-0.05, 0) is 39.1 Å². The predicted octanol–water partition coefficient (Wildman–Crippen LogP) is 1.86. The number of aromatic nitrogens is 2. The maximum atomic E-state index is 5.67. The summed E-state index contributed by atoms with van der Waals surface area (Å²) in [5.74, 6) is 1.90. The van der Waals surface area contributed by atoms with E-state index in [0.717, 1.165) is 29.5 Å². The molecule has 0 aromatic carbocycles. The fraction of sp³-hybridized carbons (Fsp3) is 0.417. The van der Waals surface area contributed by atoms with Gasteiger partial charge in [0.15, 0.2) is 0 Å². The molecule has 86 valence electrons. The van der Waals surface area contributed by atoms with E-state index in [-0.39, 0.29) is 0 Å². The van der Waals surface area contributed by atoms with E-state index in [1.807, 2.05) is 30.8 Å². The Morgan fingerprint density at radius 3 is 2.69 bits per heavy atom. The smallest absolute Gasteiger partial charge is 0.125 e. The van der Waals surface area contributed by atoms with E-state index >= 15 is 0 Å².